The number of rotatable bonds is 0. The van der Waals surface area contributed by atoms with Crippen LogP contribution in [-0.2, 0) is 86.2 Å². The standard InChI is InChI=1S/Au.2Pt.Ti. The summed E-state index contributed by atoms with van der Waals surface area (Å²) in [4.78, 5) is 0. The van der Waals surface area contributed by atoms with E-state index in [9.17, 15) is 0 Å². The van der Waals surface area contributed by atoms with Crippen molar-refractivity contribution >= 4 is 0 Å². The van der Waals surface area contributed by atoms with Gasteiger partial charge in [0, 0.05) is 86.2 Å². The van der Waals surface area contributed by atoms with Crippen molar-refractivity contribution in [3.8, 4) is 0 Å². The molecule has 0 amide bonds. The van der Waals surface area contributed by atoms with Gasteiger partial charge in [0.15, 0.2) is 0 Å². The van der Waals surface area contributed by atoms with Gasteiger partial charge in [-0.05, 0) is 0 Å². The molecule has 0 aromatic rings. The van der Waals surface area contributed by atoms with Gasteiger partial charge in [0.1, 0.15) is 0 Å². The van der Waals surface area contributed by atoms with Crippen LogP contribution in [0.5, 0.6) is 0 Å². The summed E-state index contributed by atoms with van der Waals surface area (Å²) in [6.45, 7) is 0. The molecule has 35 valence electrons. The predicted octanol–water partition coefficient (Wildman–Crippen LogP) is -0.0100. The Hall–Kier alpha value is 2.83. The van der Waals surface area contributed by atoms with Gasteiger partial charge in [-0.15, -0.1) is 0 Å². The van der Waals surface area contributed by atoms with Gasteiger partial charge in [-0.3, -0.25) is 0 Å². The summed E-state index contributed by atoms with van der Waals surface area (Å²) in [5, 5.41) is 0. The molecule has 0 fully saturated rings. The molecule has 0 aromatic heterocycles. The topological polar surface area (TPSA) is 0 Å². The SMILES string of the molecule is [Au].[Pt].[Pt].[Ti]. The summed E-state index contributed by atoms with van der Waals surface area (Å²) in [5.41, 5.74) is 0. The monoisotopic (exact) mass is 635 g/mol. The van der Waals surface area contributed by atoms with E-state index in [1.165, 1.54) is 0 Å². The molecular formula is AuPt2Ti. The van der Waals surface area contributed by atoms with Gasteiger partial charge < -0.3 is 0 Å². The Balaban J connectivity index is 0. The van der Waals surface area contributed by atoms with Crippen molar-refractivity contribution in [3.63, 3.8) is 0 Å². The fourth-order valence-electron chi connectivity index (χ4n) is 0. The fourth-order valence-corrected chi connectivity index (χ4v) is 0. The normalized spacial score (nSPS) is 0. The van der Waals surface area contributed by atoms with Crippen LogP contribution in [-0.4, -0.2) is 0 Å². The molecule has 0 nitrogen and oxygen atoms in total. The second-order valence-electron chi connectivity index (χ2n) is 0. The first kappa shape index (κ1) is 29.0. The van der Waals surface area contributed by atoms with Crippen LogP contribution in [0.1, 0.15) is 0 Å². The van der Waals surface area contributed by atoms with Crippen LogP contribution < -0.4 is 0 Å². The first-order valence-corrected chi connectivity index (χ1v) is 0. The Morgan fingerprint density at radius 1 is 0.750 bits per heavy atom. The summed E-state index contributed by atoms with van der Waals surface area (Å²) < 4.78 is 0. The minimum Gasteiger partial charge on any atom is 0 e. The molecule has 0 unspecified atom stereocenters. The average Bonchev–Trinajstić information content (AvgIpc) is 0. The van der Waals surface area contributed by atoms with Gasteiger partial charge in [0.25, 0.3) is 0 Å². The van der Waals surface area contributed by atoms with Crippen molar-refractivity contribution in [1.82, 2.24) is 0 Å². The molecule has 1 radical (unpaired) electrons. The molecule has 0 aliphatic rings. The summed E-state index contributed by atoms with van der Waals surface area (Å²) in [7, 11) is 0. The van der Waals surface area contributed by atoms with Crippen molar-refractivity contribution in [2.75, 3.05) is 0 Å². The molecule has 0 aromatic carbocycles. The van der Waals surface area contributed by atoms with E-state index >= 15 is 0 Å². The van der Waals surface area contributed by atoms with Gasteiger partial charge in [-0.2, -0.15) is 0 Å². The van der Waals surface area contributed by atoms with Gasteiger partial charge >= 0.3 is 0 Å². The Morgan fingerprint density at radius 3 is 0.750 bits per heavy atom. The van der Waals surface area contributed by atoms with Crippen molar-refractivity contribution in [2.45, 2.75) is 0 Å². The third-order valence-electron chi connectivity index (χ3n) is 0. The molecule has 0 saturated heterocycles. The maximum atomic E-state index is 0. The Bertz CT molecular complexity index is 6.00. The third-order valence-corrected chi connectivity index (χ3v) is 0. The smallest absolute Gasteiger partial charge is 0 e. The molecule has 4 heteroatoms. The summed E-state index contributed by atoms with van der Waals surface area (Å²) in [5.74, 6) is 0. The maximum Gasteiger partial charge on any atom is 0 e. The number of hydrogen-bond donors (Lipinski definition) is 0. The zero-order valence-electron chi connectivity index (χ0n) is 1.43. The molecule has 0 spiro atoms. The zero-order valence-corrected chi connectivity index (χ0v) is 9.71. The predicted molar refractivity (Wildman–Crippen MR) is 0 cm³/mol. The van der Waals surface area contributed by atoms with Crippen LogP contribution in [0.4, 0.5) is 0 Å². The van der Waals surface area contributed by atoms with E-state index in [2.05, 4.69) is 0 Å². The fraction of sp³-hybridized carbons (Fsp3) is 0. The molecule has 0 atom stereocenters. The van der Waals surface area contributed by atoms with Crippen LogP contribution in [0.3, 0.4) is 0 Å². The molecule has 0 N–H and O–H groups in total. The minimum absolute atomic E-state index is 0. The summed E-state index contributed by atoms with van der Waals surface area (Å²) >= 11 is 0. The van der Waals surface area contributed by atoms with Crippen molar-refractivity contribution in [1.29, 1.82) is 0 Å². The Kier molecular flexibility index (Phi) is 123. The molecule has 0 heterocycles. The van der Waals surface area contributed by atoms with Crippen molar-refractivity contribution < 1.29 is 86.2 Å². The summed E-state index contributed by atoms with van der Waals surface area (Å²) in [6.07, 6.45) is 0. The van der Waals surface area contributed by atoms with Crippen molar-refractivity contribution in [3.05, 3.63) is 0 Å². The van der Waals surface area contributed by atoms with Crippen molar-refractivity contribution in [2.24, 2.45) is 0 Å². The van der Waals surface area contributed by atoms with E-state index in [1.807, 2.05) is 0 Å². The molecule has 0 rings (SSSR count). The van der Waals surface area contributed by atoms with E-state index in [0.29, 0.717) is 0 Å². The van der Waals surface area contributed by atoms with Gasteiger partial charge in [-0.25, -0.2) is 0 Å². The van der Waals surface area contributed by atoms with Crippen LogP contribution in [0.25, 0.3) is 0 Å². The van der Waals surface area contributed by atoms with E-state index in [0.717, 1.165) is 0 Å². The molecule has 4 heavy (non-hydrogen) atoms. The Morgan fingerprint density at radius 2 is 0.750 bits per heavy atom. The Labute approximate surface area is 84.8 Å². The van der Waals surface area contributed by atoms with E-state index in [-0.39, 0.29) is 86.2 Å². The third kappa shape index (κ3) is 8.85. The second-order valence-corrected chi connectivity index (χ2v) is 0. The largest absolute Gasteiger partial charge is 0 e. The average molecular weight is 635 g/mol. The number of hydrogen-bond acceptors (Lipinski definition) is 0. The van der Waals surface area contributed by atoms with Crippen LogP contribution >= 0.6 is 0 Å². The zero-order chi connectivity index (χ0) is 0. The van der Waals surface area contributed by atoms with Gasteiger partial charge in [-0.1, -0.05) is 0 Å². The molecule has 0 bridgehead atoms. The first-order valence-electron chi connectivity index (χ1n) is 0. The molecule has 0 saturated carbocycles. The maximum absolute atomic E-state index is 0. The summed E-state index contributed by atoms with van der Waals surface area (Å²) in [6, 6.07) is 0. The molecule has 0 aliphatic carbocycles. The van der Waals surface area contributed by atoms with Crippen LogP contribution in [0.2, 0.25) is 0 Å². The van der Waals surface area contributed by atoms with Gasteiger partial charge in [0.05, 0.1) is 0 Å². The molecule has 0 aliphatic heterocycles. The quantitative estimate of drug-likeness (QED) is 0.329. The first-order chi connectivity index (χ1) is 0. The molecular weight excluding hydrogens is 635 g/mol. The van der Waals surface area contributed by atoms with E-state index in [1.54, 1.807) is 0 Å². The van der Waals surface area contributed by atoms with E-state index < -0.39 is 0 Å². The van der Waals surface area contributed by atoms with E-state index in [4.69, 9.17) is 0 Å². The second kappa shape index (κ2) is 17.0. The van der Waals surface area contributed by atoms with Gasteiger partial charge in [0.2, 0.25) is 0 Å². The van der Waals surface area contributed by atoms with Crippen LogP contribution in [0.15, 0.2) is 0 Å². The minimum atomic E-state index is 0. The van der Waals surface area contributed by atoms with Crippen LogP contribution in [0, 0.1) is 0 Å².